The summed E-state index contributed by atoms with van der Waals surface area (Å²) in [5, 5.41) is 5.80. The van der Waals surface area contributed by atoms with Crippen LogP contribution in [0.15, 0.2) is 97.6 Å². The van der Waals surface area contributed by atoms with Gasteiger partial charge in [-0.1, -0.05) is 30.3 Å². The zero-order valence-corrected chi connectivity index (χ0v) is 20.2. The van der Waals surface area contributed by atoms with Gasteiger partial charge in [0.05, 0.1) is 11.3 Å². The van der Waals surface area contributed by atoms with Crippen molar-refractivity contribution in [1.29, 1.82) is 0 Å². The van der Waals surface area contributed by atoms with Crippen LogP contribution in [0.25, 0.3) is 5.65 Å². The van der Waals surface area contributed by atoms with Crippen molar-refractivity contribution in [2.45, 2.75) is 20.1 Å². The molecule has 0 aliphatic rings. The largest absolute Gasteiger partial charge is 0.486 e. The Morgan fingerprint density at radius 1 is 0.946 bits per heavy atom. The monoisotopic (exact) mass is 491 g/mol. The van der Waals surface area contributed by atoms with E-state index >= 15 is 0 Å². The topological polar surface area (TPSA) is 97.6 Å². The molecule has 3 heterocycles. The molecule has 0 fully saturated rings. The summed E-state index contributed by atoms with van der Waals surface area (Å²) in [6.45, 7) is 2.54. The van der Waals surface area contributed by atoms with Crippen molar-refractivity contribution in [3.05, 3.63) is 126 Å². The van der Waals surface area contributed by atoms with Gasteiger partial charge in [0.2, 0.25) is 0 Å². The number of hydrogen-bond donors (Lipinski definition) is 2. The number of amides is 2. The van der Waals surface area contributed by atoms with Crippen molar-refractivity contribution < 1.29 is 14.3 Å². The number of nitrogens with one attached hydrogen (secondary N) is 2. The van der Waals surface area contributed by atoms with Gasteiger partial charge in [0, 0.05) is 42.6 Å². The highest BCUT2D eigenvalue weighted by atomic mass is 16.5. The van der Waals surface area contributed by atoms with Crippen LogP contribution in [-0.4, -0.2) is 26.2 Å². The van der Waals surface area contributed by atoms with Crippen LogP contribution in [0, 0.1) is 6.92 Å². The number of ether oxygens (including phenoxy) is 1. The normalized spacial score (nSPS) is 10.7. The maximum atomic E-state index is 13.0. The number of hydrogen-bond acceptors (Lipinski definition) is 5. The molecule has 37 heavy (non-hydrogen) atoms. The first-order chi connectivity index (χ1) is 18.1. The van der Waals surface area contributed by atoms with Crippen LogP contribution in [-0.2, 0) is 13.2 Å². The zero-order chi connectivity index (χ0) is 25.6. The fraction of sp³-hybridized carbons (Fsp3) is 0.103. The van der Waals surface area contributed by atoms with Crippen molar-refractivity contribution in [3.8, 4) is 5.75 Å². The van der Waals surface area contributed by atoms with Crippen molar-refractivity contribution in [2.24, 2.45) is 0 Å². The van der Waals surface area contributed by atoms with Gasteiger partial charge in [-0.2, -0.15) is 0 Å². The van der Waals surface area contributed by atoms with Gasteiger partial charge in [0.15, 0.2) is 0 Å². The van der Waals surface area contributed by atoms with Gasteiger partial charge in [0.1, 0.15) is 18.0 Å². The van der Waals surface area contributed by atoms with Crippen molar-refractivity contribution in [2.75, 3.05) is 5.32 Å². The van der Waals surface area contributed by atoms with Gasteiger partial charge in [-0.3, -0.25) is 14.6 Å². The summed E-state index contributed by atoms with van der Waals surface area (Å²) < 4.78 is 7.94. The molecule has 5 rings (SSSR count). The molecule has 0 saturated carbocycles. The van der Waals surface area contributed by atoms with Crippen LogP contribution in [0.5, 0.6) is 5.75 Å². The average molecular weight is 492 g/mol. The molecule has 2 aromatic carbocycles. The van der Waals surface area contributed by atoms with E-state index in [1.165, 1.54) is 0 Å². The third-order valence-electron chi connectivity index (χ3n) is 5.82. The third kappa shape index (κ3) is 5.65. The Labute approximate surface area is 214 Å². The first-order valence-corrected chi connectivity index (χ1v) is 11.8. The molecule has 2 N–H and O–H groups in total. The number of anilines is 1. The van der Waals surface area contributed by atoms with Crippen molar-refractivity contribution in [3.63, 3.8) is 0 Å². The molecule has 0 saturated heterocycles. The van der Waals surface area contributed by atoms with Crippen LogP contribution in [0.4, 0.5) is 5.69 Å². The predicted molar refractivity (Wildman–Crippen MR) is 141 cm³/mol. The second kappa shape index (κ2) is 10.7. The highest BCUT2D eigenvalue weighted by Crippen LogP contribution is 2.20. The summed E-state index contributed by atoms with van der Waals surface area (Å²) in [5.41, 5.74) is 5.17. The lowest BCUT2D eigenvalue weighted by Gasteiger charge is -2.12. The molecule has 8 nitrogen and oxygen atoms in total. The Bertz CT molecular complexity index is 1560. The van der Waals surface area contributed by atoms with Gasteiger partial charge in [-0.15, -0.1) is 0 Å². The number of aromatic nitrogens is 3. The minimum Gasteiger partial charge on any atom is -0.486 e. The Morgan fingerprint density at radius 3 is 2.62 bits per heavy atom. The fourth-order valence-corrected chi connectivity index (χ4v) is 3.95. The molecule has 0 radical (unpaired) electrons. The summed E-state index contributed by atoms with van der Waals surface area (Å²) in [7, 11) is 0. The van der Waals surface area contributed by atoms with E-state index in [2.05, 4.69) is 20.6 Å². The molecule has 3 aromatic heterocycles. The highest BCUT2D eigenvalue weighted by Gasteiger charge is 2.13. The number of imidazole rings is 1. The number of carbonyl (C=O) groups is 2. The molecular formula is C29H25N5O3. The molecule has 2 amide bonds. The van der Waals surface area contributed by atoms with Crippen molar-refractivity contribution in [1.82, 2.24) is 19.7 Å². The molecular weight excluding hydrogens is 466 g/mol. The number of rotatable bonds is 8. The van der Waals surface area contributed by atoms with Crippen LogP contribution in [0.1, 0.15) is 37.5 Å². The number of aryl methyl sites for hydroxylation is 1. The molecule has 0 aliphatic carbocycles. The molecule has 8 heteroatoms. The lowest BCUT2D eigenvalue weighted by atomic mass is 10.1. The van der Waals surface area contributed by atoms with E-state index in [1.54, 1.807) is 48.8 Å². The number of benzene rings is 2. The van der Waals surface area contributed by atoms with Crippen LogP contribution in [0.3, 0.4) is 0 Å². The third-order valence-corrected chi connectivity index (χ3v) is 5.82. The summed E-state index contributed by atoms with van der Waals surface area (Å²) >= 11 is 0. The molecule has 0 unspecified atom stereocenters. The van der Waals surface area contributed by atoms with Gasteiger partial charge < -0.3 is 19.8 Å². The van der Waals surface area contributed by atoms with E-state index in [1.807, 2.05) is 60.1 Å². The predicted octanol–water partition coefficient (Wildman–Crippen LogP) is 4.80. The number of carbonyl (C=O) groups excluding carboxylic acids is 2. The number of nitrogens with zero attached hydrogens (tertiary/aromatic N) is 3. The minimum absolute atomic E-state index is 0.226. The maximum Gasteiger partial charge on any atom is 0.255 e. The molecule has 5 aromatic rings. The van der Waals surface area contributed by atoms with Gasteiger partial charge in [-0.25, -0.2) is 4.98 Å². The maximum absolute atomic E-state index is 13.0. The lowest BCUT2D eigenvalue weighted by molar-refractivity contribution is 0.0945. The van der Waals surface area contributed by atoms with Crippen LogP contribution >= 0.6 is 0 Å². The van der Waals surface area contributed by atoms with E-state index in [9.17, 15) is 9.59 Å². The number of fused-ring (bicyclic) bond motifs is 1. The van der Waals surface area contributed by atoms with Gasteiger partial charge in [0.25, 0.3) is 11.8 Å². The summed E-state index contributed by atoms with van der Waals surface area (Å²) in [6, 6.07) is 21.7. The first-order valence-electron chi connectivity index (χ1n) is 11.8. The second-order valence-electron chi connectivity index (χ2n) is 8.51. The summed E-state index contributed by atoms with van der Waals surface area (Å²) in [4.78, 5) is 34.0. The van der Waals surface area contributed by atoms with E-state index in [0.29, 0.717) is 22.6 Å². The van der Waals surface area contributed by atoms with E-state index in [0.717, 1.165) is 22.5 Å². The molecule has 0 spiro atoms. The Kier molecular flexibility index (Phi) is 6.89. The van der Waals surface area contributed by atoms with E-state index in [-0.39, 0.29) is 25.0 Å². The van der Waals surface area contributed by atoms with Crippen molar-refractivity contribution >= 4 is 23.1 Å². The standard InChI is InChI=1S/C29H25N5O3/c1-20-6-5-15-34-18-24(32-27(20)34)19-37-26-10-3-2-9-25(26)29(36)31-17-21-7-4-8-23(16-21)33-28(35)22-11-13-30-14-12-22/h2-16,18H,17,19H2,1H3,(H,31,36)(H,33,35). The first kappa shape index (κ1) is 23.7. The SMILES string of the molecule is Cc1cccn2cc(COc3ccccc3C(=O)NCc3cccc(NC(=O)c4ccncc4)c3)nc12. The quantitative estimate of drug-likeness (QED) is 0.325. The van der Waals surface area contributed by atoms with Gasteiger partial charge in [-0.05, 0) is 60.5 Å². The fourth-order valence-electron chi connectivity index (χ4n) is 3.95. The highest BCUT2D eigenvalue weighted by molar-refractivity contribution is 6.04. The Morgan fingerprint density at radius 2 is 1.78 bits per heavy atom. The zero-order valence-electron chi connectivity index (χ0n) is 20.2. The second-order valence-corrected chi connectivity index (χ2v) is 8.51. The minimum atomic E-state index is -0.257. The lowest BCUT2D eigenvalue weighted by Crippen LogP contribution is -2.23. The Hall–Kier alpha value is -4.98. The number of para-hydroxylation sites is 1. The molecule has 0 atom stereocenters. The molecule has 0 aliphatic heterocycles. The summed E-state index contributed by atoms with van der Waals surface area (Å²) in [6.07, 6.45) is 7.01. The summed E-state index contributed by atoms with van der Waals surface area (Å²) in [5.74, 6) is -0.00440. The Balaban J connectivity index is 1.22. The number of pyridine rings is 2. The average Bonchev–Trinajstić information content (AvgIpc) is 3.36. The van der Waals surface area contributed by atoms with E-state index in [4.69, 9.17) is 4.74 Å². The van der Waals surface area contributed by atoms with Gasteiger partial charge >= 0.3 is 0 Å². The molecule has 184 valence electrons. The van der Waals surface area contributed by atoms with Crippen LogP contribution < -0.4 is 15.4 Å². The van der Waals surface area contributed by atoms with Crippen LogP contribution in [0.2, 0.25) is 0 Å². The van der Waals surface area contributed by atoms with E-state index < -0.39 is 0 Å². The smallest absolute Gasteiger partial charge is 0.255 e. The molecule has 0 bridgehead atoms.